The van der Waals surface area contributed by atoms with Crippen molar-refractivity contribution in [3.05, 3.63) is 59.7 Å². The first-order valence-electron chi connectivity index (χ1n) is 9.48. The van der Waals surface area contributed by atoms with Gasteiger partial charge in [0.1, 0.15) is 5.75 Å². The Morgan fingerprint density at radius 1 is 1.21 bits per heavy atom. The summed E-state index contributed by atoms with van der Waals surface area (Å²) in [5.74, 6) is 0.755. The van der Waals surface area contributed by atoms with E-state index >= 15 is 0 Å². The molecule has 0 spiro atoms. The molecule has 1 saturated heterocycles. The molecule has 2 aromatic rings. The Kier molecular flexibility index (Phi) is 6.31. The standard InChI is InChI=1S/C22H27N3O3/c1-24(2)20(16-7-5-10-19(14-16)28-3)15-23-22(27)17-8-4-9-18(13-17)25-12-6-11-21(25)26/h4-5,7-10,13-14,20H,6,11-12,15H2,1-3H3,(H,23,27)/t20-/m1/s1. The molecule has 0 saturated carbocycles. The van der Waals surface area contributed by atoms with Gasteiger partial charge in [-0.3, -0.25) is 9.59 Å². The summed E-state index contributed by atoms with van der Waals surface area (Å²) in [5.41, 5.74) is 2.41. The summed E-state index contributed by atoms with van der Waals surface area (Å²) in [7, 11) is 5.61. The molecule has 1 atom stereocenters. The van der Waals surface area contributed by atoms with Crippen LogP contribution in [0.15, 0.2) is 48.5 Å². The number of benzene rings is 2. The summed E-state index contributed by atoms with van der Waals surface area (Å²) < 4.78 is 5.31. The van der Waals surface area contributed by atoms with Crippen molar-refractivity contribution in [1.82, 2.24) is 10.2 Å². The molecule has 2 aromatic carbocycles. The van der Waals surface area contributed by atoms with E-state index in [2.05, 4.69) is 10.2 Å². The van der Waals surface area contributed by atoms with Crippen LogP contribution in [0.25, 0.3) is 0 Å². The average Bonchev–Trinajstić information content (AvgIpc) is 3.14. The Morgan fingerprint density at radius 3 is 2.68 bits per heavy atom. The molecule has 1 aliphatic heterocycles. The number of carbonyl (C=O) groups excluding carboxylic acids is 2. The highest BCUT2D eigenvalue weighted by molar-refractivity contribution is 5.99. The first-order valence-corrected chi connectivity index (χ1v) is 9.48. The van der Waals surface area contributed by atoms with Crippen LogP contribution in [-0.4, -0.2) is 51.0 Å². The molecule has 6 heteroatoms. The molecule has 3 rings (SSSR count). The number of methoxy groups -OCH3 is 1. The molecule has 0 aromatic heterocycles. The molecule has 28 heavy (non-hydrogen) atoms. The molecule has 1 heterocycles. The van der Waals surface area contributed by atoms with Crippen LogP contribution >= 0.6 is 0 Å². The predicted molar refractivity (Wildman–Crippen MR) is 110 cm³/mol. The quantitative estimate of drug-likeness (QED) is 0.801. The SMILES string of the molecule is COc1cccc([C@@H](CNC(=O)c2cccc(N3CCCC3=O)c2)N(C)C)c1. The zero-order valence-electron chi connectivity index (χ0n) is 16.6. The number of carbonyl (C=O) groups is 2. The van der Waals surface area contributed by atoms with Crippen LogP contribution in [0.4, 0.5) is 5.69 Å². The third kappa shape index (κ3) is 4.51. The molecule has 0 radical (unpaired) electrons. The van der Waals surface area contributed by atoms with Crippen LogP contribution in [0.5, 0.6) is 5.75 Å². The van der Waals surface area contributed by atoms with Crippen LogP contribution in [0.2, 0.25) is 0 Å². The van der Waals surface area contributed by atoms with Crippen LogP contribution in [0.1, 0.15) is 34.8 Å². The maximum atomic E-state index is 12.7. The minimum atomic E-state index is -0.150. The average molecular weight is 381 g/mol. The number of hydrogen-bond donors (Lipinski definition) is 1. The smallest absolute Gasteiger partial charge is 0.251 e. The van der Waals surface area contributed by atoms with Crippen molar-refractivity contribution in [2.45, 2.75) is 18.9 Å². The Labute approximate surface area is 166 Å². The topological polar surface area (TPSA) is 61.9 Å². The Hall–Kier alpha value is -2.86. The fourth-order valence-corrected chi connectivity index (χ4v) is 3.47. The highest BCUT2D eigenvalue weighted by Gasteiger charge is 2.22. The van der Waals surface area contributed by atoms with Gasteiger partial charge in [-0.15, -0.1) is 0 Å². The maximum Gasteiger partial charge on any atom is 0.251 e. The second kappa shape index (κ2) is 8.89. The highest BCUT2D eigenvalue weighted by atomic mass is 16.5. The number of hydrogen-bond acceptors (Lipinski definition) is 4. The van der Waals surface area contributed by atoms with Crippen molar-refractivity contribution in [1.29, 1.82) is 0 Å². The summed E-state index contributed by atoms with van der Waals surface area (Å²) in [6.45, 7) is 1.17. The second-order valence-corrected chi connectivity index (χ2v) is 7.17. The third-order valence-electron chi connectivity index (χ3n) is 5.05. The van der Waals surface area contributed by atoms with Gasteiger partial charge in [-0.25, -0.2) is 0 Å². The zero-order valence-corrected chi connectivity index (χ0v) is 16.6. The molecule has 2 amide bonds. The summed E-state index contributed by atoms with van der Waals surface area (Å²) >= 11 is 0. The lowest BCUT2D eigenvalue weighted by Gasteiger charge is -2.25. The molecule has 1 fully saturated rings. The number of rotatable bonds is 7. The first-order chi connectivity index (χ1) is 13.5. The zero-order chi connectivity index (χ0) is 20.1. The Balaban J connectivity index is 1.70. The van der Waals surface area contributed by atoms with Crippen molar-refractivity contribution >= 4 is 17.5 Å². The van der Waals surface area contributed by atoms with E-state index in [-0.39, 0.29) is 17.9 Å². The monoisotopic (exact) mass is 381 g/mol. The van der Waals surface area contributed by atoms with Crippen LogP contribution in [0, 0.1) is 0 Å². The van der Waals surface area contributed by atoms with Gasteiger partial charge in [0, 0.05) is 30.8 Å². The van der Waals surface area contributed by atoms with E-state index < -0.39 is 0 Å². The van der Waals surface area contributed by atoms with E-state index in [0.717, 1.165) is 23.4 Å². The lowest BCUT2D eigenvalue weighted by molar-refractivity contribution is -0.117. The maximum absolute atomic E-state index is 12.7. The number of amides is 2. The van der Waals surface area contributed by atoms with Gasteiger partial charge in [0.05, 0.1) is 13.2 Å². The molecule has 1 N–H and O–H groups in total. The van der Waals surface area contributed by atoms with Crippen molar-refractivity contribution < 1.29 is 14.3 Å². The number of anilines is 1. The van der Waals surface area contributed by atoms with E-state index in [9.17, 15) is 9.59 Å². The molecule has 0 aliphatic carbocycles. The molecular weight excluding hydrogens is 354 g/mol. The van der Waals surface area contributed by atoms with Crippen LogP contribution < -0.4 is 15.0 Å². The van der Waals surface area contributed by atoms with Gasteiger partial charge in [0.15, 0.2) is 0 Å². The minimum Gasteiger partial charge on any atom is -0.497 e. The normalized spacial score (nSPS) is 15.0. The summed E-state index contributed by atoms with van der Waals surface area (Å²) in [6, 6.07) is 15.1. The molecule has 0 bridgehead atoms. The minimum absolute atomic E-state index is 0.0161. The van der Waals surface area contributed by atoms with Gasteiger partial charge in [0.2, 0.25) is 5.91 Å². The third-order valence-corrected chi connectivity index (χ3v) is 5.05. The van der Waals surface area contributed by atoms with E-state index in [1.54, 1.807) is 24.1 Å². The second-order valence-electron chi connectivity index (χ2n) is 7.17. The Morgan fingerprint density at radius 2 is 2.00 bits per heavy atom. The summed E-state index contributed by atoms with van der Waals surface area (Å²) in [4.78, 5) is 28.5. The molecule has 0 unspecified atom stereocenters. The van der Waals surface area contributed by atoms with E-state index in [0.29, 0.717) is 25.1 Å². The van der Waals surface area contributed by atoms with E-state index in [1.165, 1.54) is 0 Å². The van der Waals surface area contributed by atoms with Gasteiger partial charge in [0.25, 0.3) is 5.91 Å². The number of likely N-dealkylation sites (N-methyl/N-ethyl adjacent to an activating group) is 1. The molecule has 6 nitrogen and oxygen atoms in total. The number of nitrogens with zero attached hydrogens (tertiary/aromatic N) is 2. The molecule has 1 aliphatic rings. The fraction of sp³-hybridized carbons (Fsp3) is 0.364. The largest absolute Gasteiger partial charge is 0.497 e. The van der Waals surface area contributed by atoms with Gasteiger partial charge in [-0.2, -0.15) is 0 Å². The lowest BCUT2D eigenvalue weighted by Crippen LogP contribution is -2.34. The molecule has 148 valence electrons. The van der Waals surface area contributed by atoms with Crippen LogP contribution in [-0.2, 0) is 4.79 Å². The lowest BCUT2D eigenvalue weighted by atomic mass is 10.1. The van der Waals surface area contributed by atoms with Gasteiger partial charge < -0.3 is 19.9 Å². The molecular formula is C22H27N3O3. The summed E-state index contributed by atoms with van der Waals surface area (Å²) in [6.07, 6.45) is 1.43. The van der Waals surface area contributed by atoms with Crippen molar-refractivity contribution in [2.75, 3.05) is 39.2 Å². The Bertz CT molecular complexity index is 850. The number of nitrogens with one attached hydrogen (secondary N) is 1. The van der Waals surface area contributed by atoms with Gasteiger partial charge >= 0.3 is 0 Å². The predicted octanol–water partition coefficient (Wildman–Crippen LogP) is 2.85. The van der Waals surface area contributed by atoms with E-state index in [1.807, 2.05) is 50.5 Å². The van der Waals surface area contributed by atoms with Crippen LogP contribution in [0.3, 0.4) is 0 Å². The van der Waals surface area contributed by atoms with E-state index in [4.69, 9.17) is 4.74 Å². The fourth-order valence-electron chi connectivity index (χ4n) is 3.47. The summed E-state index contributed by atoms with van der Waals surface area (Å²) in [5, 5.41) is 3.02. The van der Waals surface area contributed by atoms with Gasteiger partial charge in [-0.05, 0) is 56.4 Å². The van der Waals surface area contributed by atoms with Crippen molar-refractivity contribution in [3.8, 4) is 5.75 Å². The highest BCUT2D eigenvalue weighted by Crippen LogP contribution is 2.24. The van der Waals surface area contributed by atoms with Crippen molar-refractivity contribution in [3.63, 3.8) is 0 Å². The first kappa shape index (κ1) is 19.9. The number of ether oxygens (including phenoxy) is 1. The van der Waals surface area contributed by atoms with Crippen molar-refractivity contribution in [2.24, 2.45) is 0 Å². The van der Waals surface area contributed by atoms with Gasteiger partial charge in [-0.1, -0.05) is 18.2 Å².